The van der Waals surface area contributed by atoms with E-state index in [1.54, 1.807) is 23.9 Å². The summed E-state index contributed by atoms with van der Waals surface area (Å²) >= 11 is 6.41. The number of carboxylic acids is 1. The zero-order chi connectivity index (χ0) is 31.8. The van der Waals surface area contributed by atoms with E-state index < -0.39 is 50.6 Å². The highest BCUT2D eigenvalue weighted by Crippen LogP contribution is 2.31. The van der Waals surface area contributed by atoms with E-state index >= 15 is 4.39 Å². The van der Waals surface area contributed by atoms with Gasteiger partial charge in [0.05, 0.1) is 52.6 Å². The molecule has 14 heteroatoms. The minimum Gasteiger partial charge on any atom is -0.481 e. The molecule has 2 aliphatic rings. The van der Waals surface area contributed by atoms with Crippen LogP contribution in [0.1, 0.15) is 48.2 Å². The third-order valence-electron chi connectivity index (χ3n) is 8.55. The van der Waals surface area contributed by atoms with E-state index in [0.29, 0.717) is 31.1 Å². The number of aryl methyl sites for hydroxylation is 1. The van der Waals surface area contributed by atoms with Crippen LogP contribution in [0.5, 0.6) is 0 Å². The van der Waals surface area contributed by atoms with Crippen molar-refractivity contribution in [2.45, 2.75) is 55.9 Å². The second kappa shape index (κ2) is 12.8. The zero-order valence-corrected chi connectivity index (χ0v) is 25.9. The van der Waals surface area contributed by atoms with Crippen molar-refractivity contribution >= 4 is 55.8 Å². The molecule has 11 nitrogen and oxygen atoms in total. The number of para-hydroxylation sites is 1. The molecule has 2 N–H and O–H groups in total. The number of anilines is 1. The first kappa shape index (κ1) is 31.9. The number of nitrogens with one attached hydrogen (secondary N) is 1. The maximum atomic E-state index is 15.3. The number of carbonyl (C=O) groups is 3. The Hall–Kier alpha value is -3.55. The van der Waals surface area contributed by atoms with Crippen LogP contribution in [0.3, 0.4) is 0 Å². The second-order valence-electron chi connectivity index (χ2n) is 11.6. The molecule has 2 atom stereocenters. The molecule has 2 aromatic carbocycles. The first-order chi connectivity index (χ1) is 20.8. The molecule has 0 spiro atoms. The zero-order valence-electron chi connectivity index (χ0n) is 24.3. The lowest BCUT2D eigenvalue weighted by atomic mass is 9.87. The summed E-state index contributed by atoms with van der Waals surface area (Å²) in [6, 6.07) is 8.96. The number of benzene rings is 2. The van der Waals surface area contributed by atoms with Gasteiger partial charge in [0, 0.05) is 25.2 Å². The molecule has 1 aliphatic heterocycles. The van der Waals surface area contributed by atoms with Gasteiger partial charge < -0.3 is 20.1 Å². The Bertz CT molecular complexity index is 1700. The number of carbonyl (C=O) groups excluding carboxylic acids is 2. The number of rotatable bonds is 9. The van der Waals surface area contributed by atoms with Crippen molar-refractivity contribution < 1.29 is 37.0 Å². The molecule has 3 aromatic rings. The highest BCUT2D eigenvalue weighted by Gasteiger charge is 2.40. The highest BCUT2D eigenvalue weighted by atomic mass is 35.5. The number of ether oxygens (including phenoxy) is 1. The largest absolute Gasteiger partial charge is 0.481 e. The van der Waals surface area contributed by atoms with Crippen molar-refractivity contribution in [3.05, 3.63) is 58.5 Å². The minimum absolute atomic E-state index is 0.00393. The molecular formula is C30H34ClFN4O7S. The summed E-state index contributed by atoms with van der Waals surface area (Å²) in [6.45, 7) is 0.0511. The quantitative estimate of drug-likeness (QED) is 0.356. The number of fused-ring (bicyclic) bond motifs is 1. The van der Waals surface area contributed by atoms with Crippen LogP contribution in [0.4, 0.5) is 10.1 Å². The van der Waals surface area contributed by atoms with Gasteiger partial charge in [-0.2, -0.15) is 5.10 Å². The number of aromatic nitrogens is 2. The topological polar surface area (TPSA) is 148 Å². The molecule has 1 aromatic heterocycles. The van der Waals surface area contributed by atoms with Crippen LogP contribution in [-0.4, -0.2) is 82.8 Å². The number of nitrogens with zero attached hydrogens (tertiary/aromatic N) is 3. The molecule has 2 amide bonds. The summed E-state index contributed by atoms with van der Waals surface area (Å²) < 4.78 is 47.6. The van der Waals surface area contributed by atoms with Crippen LogP contribution >= 0.6 is 11.6 Å². The van der Waals surface area contributed by atoms with Crippen LogP contribution in [0.25, 0.3) is 10.9 Å². The molecule has 236 valence electrons. The van der Waals surface area contributed by atoms with Gasteiger partial charge in [-0.25, -0.2) is 12.8 Å². The van der Waals surface area contributed by atoms with Crippen LogP contribution < -0.4 is 5.32 Å². The van der Waals surface area contributed by atoms with Gasteiger partial charge in [-0.1, -0.05) is 29.8 Å². The lowest BCUT2D eigenvalue weighted by Gasteiger charge is -2.30. The molecule has 1 saturated heterocycles. The average molecular weight is 649 g/mol. The van der Waals surface area contributed by atoms with Crippen molar-refractivity contribution in [1.29, 1.82) is 0 Å². The van der Waals surface area contributed by atoms with Gasteiger partial charge in [-0.3, -0.25) is 19.1 Å². The van der Waals surface area contributed by atoms with Gasteiger partial charge >= 0.3 is 5.97 Å². The van der Waals surface area contributed by atoms with Gasteiger partial charge in [0.2, 0.25) is 5.91 Å². The molecule has 1 saturated carbocycles. The molecule has 5 rings (SSSR count). The Morgan fingerprint density at radius 3 is 2.55 bits per heavy atom. The average Bonchev–Trinajstić information content (AvgIpc) is 3.57. The molecule has 44 heavy (non-hydrogen) atoms. The van der Waals surface area contributed by atoms with E-state index in [1.807, 2.05) is 12.1 Å². The van der Waals surface area contributed by atoms with E-state index in [-0.39, 0.29) is 54.1 Å². The first-order valence-electron chi connectivity index (χ1n) is 14.4. The standard InChI is InChI=1S/C30H34ClFN4O7S/c1-35-26-6-4-3-5-22(26)28(34-35)29(38)33-25-14-24(32)18(11-23(25)31)12-27(37)36-15-21(44(2,41)42)13-19(36)16-43-20-9-7-17(8-10-20)30(39)40/h3-6,11,14,17,19-21H,7-10,12-13,15-16H2,1-2H3,(H,33,38)(H,39,40)/t17-,19-,20-,21-/m0/s1. The predicted octanol–water partition coefficient (Wildman–Crippen LogP) is 3.83. The van der Waals surface area contributed by atoms with E-state index in [2.05, 4.69) is 10.4 Å². The second-order valence-corrected chi connectivity index (χ2v) is 14.3. The fourth-order valence-corrected chi connectivity index (χ4v) is 7.25. The lowest BCUT2D eigenvalue weighted by Crippen LogP contribution is -2.41. The molecule has 1 aliphatic carbocycles. The fourth-order valence-electron chi connectivity index (χ4n) is 6.02. The molecule has 2 fully saturated rings. The number of likely N-dealkylation sites (tertiary alicyclic amines) is 1. The highest BCUT2D eigenvalue weighted by molar-refractivity contribution is 7.91. The molecule has 0 bridgehead atoms. The van der Waals surface area contributed by atoms with Gasteiger partial charge in [0.1, 0.15) is 5.82 Å². The number of carboxylic acid groups (broad SMARTS) is 1. The number of amides is 2. The SMILES string of the molecule is Cn1nc(C(=O)Nc2cc(F)c(CC(=O)N3C[C@@H](S(C)(=O)=O)C[C@H]3CO[C@H]3CC[C@H](C(=O)O)CC3)cc2Cl)c2ccccc21. The number of hydrogen-bond acceptors (Lipinski definition) is 7. The number of sulfone groups is 1. The van der Waals surface area contributed by atoms with Gasteiger partial charge in [0.15, 0.2) is 15.5 Å². The summed E-state index contributed by atoms with van der Waals surface area (Å²) in [6.07, 6.45) is 2.88. The number of halogens is 2. The summed E-state index contributed by atoms with van der Waals surface area (Å²) in [5, 5.41) is 15.9. The van der Waals surface area contributed by atoms with Gasteiger partial charge in [-0.15, -0.1) is 0 Å². The molecule has 2 heterocycles. The Balaban J connectivity index is 1.26. The maximum Gasteiger partial charge on any atom is 0.306 e. The monoisotopic (exact) mass is 648 g/mol. The number of aliphatic carboxylic acids is 1. The smallest absolute Gasteiger partial charge is 0.306 e. The summed E-state index contributed by atoms with van der Waals surface area (Å²) in [7, 11) is -1.75. The lowest BCUT2D eigenvalue weighted by molar-refractivity contribution is -0.144. The summed E-state index contributed by atoms with van der Waals surface area (Å²) in [5.41, 5.74) is 0.910. The van der Waals surface area contributed by atoms with Crippen molar-refractivity contribution in [2.24, 2.45) is 13.0 Å². The van der Waals surface area contributed by atoms with Crippen molar-refractivity contribution in [3.63, 3.8) is 0 Å². The van der Waals surface area contributed by atoms with Crippen LogP contribution in [0.2, 0.25) is 5.02 Å². The van der Waals surface area contributed by atoms with E-state index in [1.165, 1.54) is 11.0 Å². The molecule has 0 radical (unpaired) electrons. The Morgan fingerprint density at radius 2 is 1.86 bits per heavy atom. The Morgan fingerprint density at radius 1 is 1.16 bits per heavy atom. The van der Waals surface area contributed by atoms with Gasteiger partial charge in [-0.05, 0) is 55.9 Å². The normalized spacial score (nSPS) is 22.3. The summed E-state index contributed by atoms with van der Waals surface area (Å²) in [5.74, 6) is -3.03. The Kier molecular flexibility index (Phi) is 9.28. The molecule has 0 unspecified atom stereocenters. The van der Waals surface area contributed by atoms with E-state index in [4.69, 9.17) is 16.3 Å². The van der Waals surface area contributed by atoms with Crippen molar-refractivity contribution in [1.82, 2.24) is 14.7 Å². The first-order valence-corrected chi connectivity index (χ1v) is 16.7. The fraction of sp³-hybridized carbons (Fsp3) is 0.467. The van der Waals surface area contributed by atoms with Crippen LogP contribution in [0, 0.1) is 11.7 Å². The van der Waals surface area contributed by atoms with Gasteiger partial charge in [0.25, 0.3) is 5.91 Å². The third kappa shape index (κ3) is 6.89. The van der Waals surface area contributed by atoms with Crippen LogP contribution in [-0.2, 0) is 37.6 Å². The number of hydrogen-bond donors (Lipinski definition) is 2. The predicted molar refractivity (Wildman–Crippen MR) is 162 cm³/mol. The van der Waals surface area contributed by atoms with Crippen LogP contribution in [0.15, 0.2) is 36.4 Å². The van der Waals surface area contributed by atoms with E-state index in [9.17, 15) is 27.9 Å². The van der Waals surface area contributed by atoms with Crippen molar-refractivity contribution in [2.75, 3.05) is 24.7 Å². The van der Waals surface area contributed by atoms with Crippen molar-refractivity contribution in [3.8, 4) is 0 Å². The third-order valence-corrected chi connectivity index (χ3v) is 10.4. The minimum atomic E-state index is -3.46. The van der Waals surface area contributed by atoms with E-state index in [0.717, 1.165) is 17.8 Å². The summed E-state index contributed by atoms with van der Waals surface area (Å²) in [4.78, 5) is 39.1. The Labute approximate surface area is 259 Å². The molecular weight excluding hydrogens is 615 g/mol. The maximum absolute atomic E-state index is 15.3.